The number of carbonyl (C=O) groups is 1. The lowest BCUT2D eigenvalue weighted by Gasteiger charge is -2.56. The Kier molecular flexibility index (Phi) is 8.16. The molecule has 4 aliphatic carbocycles. The maximum absolute atomic E-state index is 13.3. The first-order chi connectivity index (χ1) is 20.9. The van der Waals surface area contributed by atoms with Crippen LogP contribution >= 0.6 is 11.8 Å². The molecule has 5 fully saturated rings. The topological polar surface area (TPSA) is 106 Å². The predicted molar refractivity (Wildman–Crippen MR) is 165 cm³/mol. The molecule has 8 nitrogen and oxygen atoms in total. The summed E-state index contributed by atoms with van der Waals surface area (Å²) >= 11 is 1.57. The van der Waals surface area contributed by atoms with E-state index < -0.39 is 6.29 Å². The summed E-state index contributed by atoms with van der Waals surface area (Å²) in [5.41, 5.74) is 3.42. The third-order valence-electron chi connectivity index (χ3n) is 9.88. The van der Waals surface area contributed by atoms with Gasteiger partial charge < -0.3 is 25.2 Å². The minimum absolute atomic E-state index is 0.000330. The highest BCUT2D eigenvalue weighted by Gasteiger charge is 2.51. The van der Waals surface area contributed by atoms with Gasteiger partial charge in [0.2, 0.25) is 0 Å². The minimum Gasteiger partial charge on any atom is -0.392 e. The number of carbonyl (C=O) groups excluding carboxylic acids is 1. The molecule has 3 N–H and O–H groups in total. The van der Waals surface area contributed by atoms with Crippen molar-refractivity contribution in [2.45, 2.75) is 81.2 Å². The highest BCUT2D eigenvalue weighted by Crippen LogP contribution is 2.55. The summed E-state index contributed by atoms with van der Waals surface area (Å²) < 4.78 is 13.2. The first kappa shape index (κ1) is 28.8. The average molecular weight is 601 g/mol. The largest absolute Gasteiger partial charge is 0.392 e. The number of aromatic nitrogens is 2. The summed E-state index contributed by atoms with van der Waals surface area (Å²) in [5.74, 6) is 3.03. The van der Waals surface area contributed by atoms with E-state index in [-0.39, 0.29) is 36.3 Å². The van der Waals surface area contributed by atoms with Crippen LogP contribution in [0.4, 0.5) is 10.5 Å². The van der Waals surface area contributed by atoms with E-state index in [1.165, 1.54) is 19.3 Å². The van der Waals surface area contributed by atoms with E-state index in [9.17, 15) is 9.90 Å². The van der Waals surface area contributed by atoms with Gasteiger partial charge in [-0.1, -0.05) is 55.1 Å². The molecule has 2 aromatic carbocycles. The molecule has 226 valence electrons. The first-order valence-electron chi connectivity index (χ1n) is 15.5. The Balaban J connectivity index is 1.07. The Morgan fingerprint density at radius 2 is 1.65 bits per heavy atom. The molecule has 5 aliphatic rings. The molecule has 8 rings (SSSR count). The van der Waals surface area contributed by atoms with Crippen molar-refractivity contribution in [3.63, 3.8) is 0 Å². The van der Waals surface area contributed by atoms with Crippen molar-refractivity contribution in [2.24, 2.45) is 23.7 Å². The fraction of sp³-hybridized carbons (Fsp3) is 0.500. The van der Waals surface area contributed by atoms with Gasteiger partial charge in [-0.3, -0.25) is 0 Å². The Morgan fingerprint density at radius 1 is 0.953 bits per heavy atom. The Bertz CT molecular complexity index is 1390. The zero-order valence-corrected chi connectivity index (χ0v) is 25.3. The Morgan fingerprint density at radius 3 is 2.33 bits per heavy atom. The number of anilines is 1. The number of hydrogen-bond donors (Lipinski definition) is 3. The molecule has 1 aliphatic heterocycles. The number of benzene rings is 2. The number of nitrogens with zero attached hydrogens (tertiary/aromatic N) is 2. The number of urea groups is 1. The van der Waals surface area contributed by atoms with Gasteiger partial charge in [-0.2, -0.15) is 0 Å². The molecule has 4 bridgehead atoms. The second kappa shape index (κ2) is 12.2. The number of rotatable bonds is 8. The van der Waals surface area contributed by atoms with Gasteiger partial charge in [0.1, 0.15) is 0 Å². The van der Waals surface area contributed by atoms with Gasteiger partial charge in [-0.05, 0) is 85.6 Å². The van der Waals surface area contributed by atoms with Crippen LogP contribution in [0.15, 0.2) is 72.1 Å². The van der Waals surface area contributed by atoms with E-state index in [2.05, 4.69) is 27.5 Å². The number of aliphatic hydroxyl groups is 1. The van der Waals surface area contributed by atoms with Crippen LogP contribution in [0.25, 0.3) is 0 Å². The lowest BCUT2D eigenvalue weighted by atomic mass is 9.53. The molecule has 0 spiro atoms. The smallest absolute Gasteiger partial charge is 0.319 e. The molecule has 9 heteroatoms. The number of nitrogens with one attached hydrogen (secondary N) is 2. The summed E-state index contributed by atoms with van der Waals surface area (Å²) in [6, 6.07) is 17.4. The van der Waals surface area contributed by atoms with Crippen molar-refractivity contribution in [2.75, 3.05) is 11.1 Å². The number of hydrogen-bond acceptors (Lipinski definition) is 7. The molecule has 2 heterocycles. The molecule has 4 atom stereocenters. The van der Waals surface area contributed by atoms with Crippen LogP contribution < -0.4 is 10.6 Å². The van der Waals surface area contributed by atoms with Crippen LogP contribution in [-0.2, 0) is 16.1 Å². The molecule has 43 heavy (non-hydrogen) atoms. The molecule has 0 unspecified atom stereocenters. The molecule has 0 radical (unpaired) electrons. The van der Waals surface area contributed by atoms with Crippen LogP contribution in [0, 0.1) is 23.7 Å². The standard InChI is InChI=1S/C34H40N4O4S/c1-21-29(20-43-33-35-10-3-11-36-33)41-31(42-30(21)26-8-6-22(19-39)7-9-26)27-4-2-5-28(15-27)37-32(40)38-34-16-23-12-24(17-34)14-25(13-23)18-34/h2-11,15,21,23-25,29-31,39H,12-14,16-20H2,1H3,(H2,37,38,40)/t21-,23?,24?,25?,29+,30+,31+,34?/m1/s1. The number of thioether (sulfide) groups is 1. The highest BCUT2D eigenvalue weighted by molar-refractivity contribution is 7.99. The molecule has 2 amide bonds. The van der Waals surface area contributed by atoms with Crippen molar-refractivity contribution in [1.29, 1.82) is 0 Å². The predicted octanol–water partition coefficient (Wildman–Crippen LogP) is 6.64. The molecule has 1 aromatic heterocycles. The highest BCUT2D eigenvalue weighted by atomic mass is 32.2. The second-order valence-electron chi connectivity index (χ2n) is 13.1. The Labute approximate surface area is 257 Å². The third-order valence-corrected chi connectivity index (χ3v) is 10.8. The minimum atomic E-state index is -0.617. The number of amides is 2. The van der Waals surface area contributed by atoms with E-state index in [4.69, 9.17) is 9.47 Å². The van der Waals surface area contributed by atoms with Crippen molar-refractivity contribution in [1.82, 2.24) is 15.3 Å². The quantitative estimate of drug-likeness (QED) is 0.197. The van der Waals surface area contributed by atoms with Crippen LogP contribution in [-0.4, -0.2) is 38.5 Å². The normalized spacial score (nSPS) is 32.8. The van der Waals surface area contributed by atoms with Gasteiger partial charge in [-0.25, -0.2) is 14.8 Å². The Hall–Kier alpha value is -2.98. The summed E-state index contributed by atoms with van der Waals surface area (Å²) in [4.78, 5) is 22.0. The van der Waals surface area contributed by atoms with Crippen molar-refractivity contribution >= 4 is 23.5 Å². The van der Waals surface area contributed by atoms with E-state index in [0.717, 1.165) is 59.4 Å². The molecular formula is C34H40N4O4S. The SMILES string of the molecule is C[C@@H]1[C@H](CSc2ncccn2)O[C@H](c2cccc(NC(=O)NC34CC5CC(CC(C5)C3)C4)c2)O[C@@H]1c1ccc(CO)cc1. The van der Waals surface area contributed by atoms with E-state index in [0.29, 0.717) is 10.9 Å². The average Bonchev–Trinajstić information content (AvgIpc) is 3.00. The summed E-state index contributed by atoms with van der Waals surface area (Å²) in [6.45, 7) is 2.14. The monoisotopic (exact) mass is 600 g/mol. The van der Waals surface area contributed by atoms with Gasteiger partial charge in [0.25, 0.3) is 0 Å². The second-order valence-corrected chi connectivity index (χ2v) is 14.1. The van der Waals surface area contributed by atoms with Crippen molar-refractivity contribution < 1.29 is 19.4 Å². The van der Waals surface area contributed by atoms with E-state index >= 15 is 0 Å². The molecular weight excluding hydrogens is 560 g/mol. The van der Waals surface area contributed by atoms with Crippen LogP contribution in [0.2, 0.25) is 0 Å². The van der Waals surface area contributed by atoms with E-state index in [1.807, 2.05) is 54.6 Å². The van der Waals surface area contributed by atoms with Crippen LogP contribution in [0.1, 0.15) is 74.5 Å². The lowest BCUT2D eigenvalue weighted by Crippen LogP contribution is -2.60. The van der Waals surface area contributed by atoms with Crippen molar-refractivity contribution in [3.05, 3.63) is 83.7 Å². The van der Waals surface area contributed by atoms with Gasteiger partial charge >= 0.3 is 6.03 Å². The maximum Gasteiger partial charge on any atom is 0.319 e. The van der Waals surface area contributed by atoms with Gasteiger partial charge in [0.05, 0.1) is 18.8 Å². The third kappa shape index (κ3) is 6.32. The number of aliphatic hydroxyl groups excluding tert-OH is 1. The first-order valence-corrected chi connectivity index (χ1v) is 16.5. The maximum atomic E-state index is 13.3. The van der Waals surface area contributed by atoms with Crippen LogP contribution in [0.3, 0.4) is 0 Å². The van der Waals surface area contributed by atoms with Gasteiger partial charge in [-0.15, -0.1) is 0 Å². The fourth-order valence-electron chi connectivity index (χ4n) is 8.26. The van der Waals surface area contributed by atoms with Gasteiger partial charge in [0, 0.05) is 40.9 Å². The number of ether oxygens (including phenoxy) is 2. The summed E-state index contributed by atoms with van der Waals surface area (Å²) in [7, 11) is 0. The zero-order valence-electron chi connectivity index (χ0n) is 24.5. The lowest BCUT2D eigenvalue weighted by molar-refractivity contribution is -0.268. The van der Waals surface area contributed by atoms with Gasteiger partial charge in [0.15, 0.2) is 11.4 Å². The van der Waals surface area contributed by atoms with Crippen LogP contribution in [0.5, 0.6) is 0 Å². The zero-order chi connectivity index (χ0) is 29.4. The fourth-order valence-corrected chi connectivity index (χ4v) is 9.22. The summed E-state index contributed by atoms with van der Waals surface area (Å²) in [5, 5.41) is 16.8. The molecule has 3 aromatic rings. The van der Waals surface area contributed by atoms with Crippen molar-refractivity contribution in [3.8, 4) is 0 Å². The molecule has 1 saturated heterocycles. The molecule has 4 saturated carbocycles. The summed E-state index contributed by atoms with van der Waals surface area (Å²) in [6.07, 6.45) is 9.89. The van der Waals surface area contributed by atoms with E-state index in [1.54, 1.807) is 24.2 Å².